The first-order chi connectivity index (χ1) is 10.8. The van der Waals surface area contributed by atoms with Crippen molar-refractivity contribution in [3.05, 3.63) is 0 Å². The van der Waals surface area contributed by atoms with Crippen molar-refractivity contribution in [1.29, 1.82) is 0 Å². The second kappa shape index (κ2) is 20.8. The largest absolute Gasteiger partial charge is 0.235 e. The molecule has 1 unspecified atom stereocenters. The van der Waals surface area contributed by atoms with Crippen LogP contribution < -0.4 is 0 Å². The fraction of sp³-hybridized carbons (Fsp3) is 0.714. The van der Waals surface area contributed by atoms with E-state index in [0.29, 0.717) is 13.1 Å². The van der Waals surface area contributed by atoms with Gasteiger partial charge in [0.15, 0.2) is 0 Å². The monoisotopic (exact) mass is 308 g/mol. The minimum absolute atomic E-state index is 0.191. The van der Waals surface area contributed by atoms with E-state index in [-0.39, 0.29) is 12.6 Å². The van der Waals surface area contributed by atoms with Gasteiger partial charge in [-0.2, -0.15) is 0 Å². The van der Waals surface area contributed by atoms with Gasteiger partial charge < -0.3 is 0 Å². The molecule has 22 heavy (non-hydrogen) atoms. The van der Waals surface area contributed by atoms with E-state index in [1.165, 1.54) is 24.3 Å². The average Bonchev–Trinajstić information content (AvgIpc) is 2.54. The average molecular weight is 308 g/mol. The predicted molar refractivity (Wildman–Crippen MR) is 79.6 cm³/mol. The summed E-state index contributed by atoms with van der Waals surface area (Å²) in [6, 6.07) is -0.191. The molecule has 0 N–H and O–H groups in total. The summed E-state index contributed by atoms with van der Waals surface area (Å²) in [5.41, 5.74) is 0. The van der Waals surface area contributed by atoms with Crippen LogP contribution in [0.5, 0.6) is 0 Å². The SMILES string of the molecule is CCCCC(CN=C=O)N=C=O.O=C=NCCCCN=C=O. The van der Waals surface area contributed by atoms with Gasteiger partial charge in [0.2, 0.25) is 24.3 Å². The highest BCUT2D eigenvalue weighted by atomic mass is 16.1. The third-order valence-electron chi connectivity index (χ3n) is 2.41. The fourth-order valence-corrected chi connectivity index (χ4v) is 1.33. The predicted octanol–water partition coefficient (Wildman–Crippen LogP) is 1.66. The van der Waals surface area contributed by atoms with Crippen LogP contribution in [0, 0.1) is 0 Å². The molecule has 0 saturated carbocycles. The van der Waals surface area contributed by atoms with E-state index in [9.17, 15) is 19.2 Å². The molecule has 0 aliphatic heterocycles. The summed E-state index contributed by atoms with van der Waals surface area (Å²) >= 11 is 0. The second-order valence-corrected chi connectivity index (χ2v) is 4.10. The zero-order chi connectivity index (χ0) is 16.9. The summed E-state index contributed by atoms with van der Waals surface area (Å²) in [6.45, 7) is 3.24. The molecule has 1 atom stereocenters. The first-order valence-electron chi connectivity index (χ1n) is 6.94. The highest BCUT2D eigenvalue weighted by molar-refractivity contribution is 5.35. The number of isocyanates is 4. The van der Waals surface area contributed by atoms with Crippen LogP contribution in [0.25, 0.3) is 0 Å². The summed E-state index contributed by atoms with van der Waals surface area (Å²) < 4.78 is 0. The van der Waals surface area contributed by atoms with E-state index in [1.807, 2.05) is 6.92 Å². The standard InChI is InChI=1S/C8H12N2O2.C6H8N2O2/c1-2-3-4-8(10-7-12)5-9-6-11;9-5-7-3-1-2-4-8-6-10/h8H,2-5H2,1H3;1-4H2. The van der Waals surface area contributed by atoms with Crippen LogP contribution in [0.2, 0.25) is 0 Å². The minimum atomic E-state index is -0.191. The topological polar surface area (TPSA) is 118 Å². The Labute approximate surface area is 129 Å². The highest BCUT2D eigenvalue weighted by Gasteiger charge is 2.04. The summed E-state index contributed by atoms with van der Waals surface area (Å²) in [6.07, 6.45) is 10.1. The van der Waals surface area contributed by atoms with Crippen LogP contribution in [-0.4, -0.2) is 50.0 Å². The van der Waals surface area contributed by atoms with Gasteiger partial charge in [-0.25, -0.2) is 39.1 Å². The van der Waals surface area contributed by atoms with Crippen molar-refractivity contribution in [2.75, 3.05) is 19.6 Å². The van der Waals surface area contributed by atoms with Gasteiger partial charge in [0.1, 0.15) is 0 Å². The lowest BCUT2D eigenvalue weighted by molar-refractivity contribution is 0.537. The molecular formula is C14H20N4O4. The lowest BCUT2D eigenvalue weighted by atomic mass is 10.1. The molecule has 0 amide bonds. The lowest BCUT2D eigenvalue weighted by Gasteiger charge is -2.03. The van der Waals surface area contributed by atoms with Crippen LogP contribution in [0.15, 0.2) is 20.0 Å². The van der Waals surface area contributed by atoms with Gasteiger partial charge in [0.05, 0.1) is 25.7 Å². The molecule has 0 aromatic carbocycles. The highest BCUT2D eigenvalue weighted by Crippen LogP contribution is 2.03. The Balaban J connectivity index is 0. The van der Waals surface area contributed by atoms with Crippen molar-refractivity contribution in [2.24, 2.45) is 20.0 Å². The maximum absolute atomic E-state index is 9.91. The zero-order valence-corrected chi connectivity index (χ0v) is 12.7. The number of hydrogen-bond acceptors (Lipinski definition) is 8. The van der Waals surface area contributed by atoms with Crippen LogP contribution in [0.1, 0.15) is 39.0 Å². The Morgan fingerprint density at radius 1 is 0.773 bits per heavy atom. The molecule has 0 rings (SSSR count). The quantitative estimate of drug-likeness (QED) is 0.327. The Bertz CT molecular complexity index is 435. The molecule has 0 aliphatic rings. The number of aliphatic imine (C=N–C) groups is 4. The smallest absolute Gasteiger partial charge is 0.211 e. The molecule has 0 aromatic rings. The third kappa shape index (κ3) is 19.9. The summed E-state index contributed by atoms with van der Waals surface area (Å²) in [5, 5.41) is 0. The lowest BCUT2D eigenvalue weighted by Crippen LogP contribution is -2.08. The normalized spacial score (nSPS) is 9.50. The molecular weight excluding hydrogens is 288 g/mol. The van der Waals surface area contributed by atoms with E-state index in [1.54, 1.807) is 0 Å². The summed E-state index contributed by atoms with van der Waals surface area (Å²) in [5.74, 6) is 0. The van der Waals surface area contributed by atoms with Crippen molar-refractivity contribution >= 4 is 24.3 Å². The molecule has 0 aromatic heterocycles. The Hall–Kier alpha value is -2.48. The van der Waals surface area contributed by atoms with Crippen LogP contribution in [0.4, 0.5) is 0 Å². The third-order valence-corrected chi connectivity index (χ3v) is 2.41. The van der Waals surface area contributed by atoms with Crippen molar-refractivity contribution in [2.45, 2.75) is 45.1 Å². The van der Waals surface area contributed by atoms with E-state index >= 15 is 0 Å². The van der Waals surface area contributed by atoms with Crippen molar-refractivity contribution in [1.82, 2.24) is 0 Å². The zero-order valence-electron chi connectivity index (χ0n) is 12.7. The second-order valence-electron chi connectivity index (χ2n) is 4.10. The van der Waals surface area contributed by atoms with Crippen molar-refractivity contribution in [3.63, 3.8) is 0 Å². The van der Waals surface area contributed by atoms with Gasteiger partial charge in [0, 0.05) is 0 Å². The van der Waals surface area contributed by atoms with E-state index < -0.39 is 0 Å². The maximum atomic E-state index is 9.91. The minimum Gasteiger partial charge on any atom is -0.211 e. The molecule has 0 saturated heterocycles. The molecule has 120 valence electrons. The van der Waals surface area contributed by atoms with Crippen molar-refractivity contribution < 1.29 is 19.2 Å². The molecule has 0 heterocycles. The molecule has 0 aliphatic carbocycles. The van der Waals surface area contributed by atoms with Gasteiger partial charge in [-0.3, -0.25) is 0 Å². The maximum Gasteiger partial charge on any atom is 0.235 e. The van der Waals surface area contributed by atoms with Gasteiger partial charge in [0.25, 0.3) is 0 Å². The molecule has 0 spiro atoms. The number of unbranched alkanes of at least 4 members (excludes halogenated alkanes) is 2. The number of rotatable bonds is 11. The van der Waals surface area contributed by atoms with Crippen LogP contribution >= 0.6 is 0 Å². The number of carbonyl (C=O) groups excluding carboxylic acids is 4. The molecule has 0 fully saturated rings. The van der Waals surface area contributed by atoms with E-state index in [0.717, 1.165) is 32.1 Å². The molecule has 0 bridgehead atoms. The first-order valence-corrected chi connectivity index (χ1v) is 6.94. The van der Waals surface area contributed by atoms with Crippen LogP contribution in [0.3, 0.4) is 0 Å². The Morgan fingerprint density at radius 3 is 1.73 bits per heavy atom. The Kier molecular flexibility index (Phi) is 20.7. The molecule has 8 heteroatoms. The summed E-state index contributed by atoms with van der Waals surface area (Å²) in [4.78, 5) is 52.2. The summed E-state index contributed by atoms with van der Waals surface area (Å²) in [7, 11) is 0. The molecule has 8 nitrogen and oxygen atoms in total. The first kappa shape index (κ1) is 21.8. The van der Waals surface area contributed by atoms with Crippen molar-refractivity contribution in [3.8, 4) is 0 Å². The fourth-order valence-electron chi connectivity index (χ4n) is 1.33. The Morgan fingerprint density at radius 2 is 1.32 bits per heavy atom. The van der Waals surface area contributed by atoms with Crippen LogP contribution in [-0.2, 0) is 19.2 Å². The van der Waals surface area contributed by atoms with Gasteiger partial charge in [-0.05, 0) is 19.3 Å². The van der Waals surface area contributed by atoms with E-state index in [4.69, 9.17) is 0 Å². The van der Waals surface area contributed by atoms with Gasteiger partial charge in [-0.15, -0.1) is 0 Å². The van der Waals surface area contributed by atoms with Gasteiger partial charge >= 0.3 is 0 Å². The molecule has 0 radical (unpaired) electrons. The number of hydrogen-bond donors (Lipinski definition) is 0. The number of nitrogens with zero attached hydrogens (tertiary/aromatic N) is 4. The van der Waals surface area contributed by atoms with E-state index in [2.05, 4.69) is 20.0 Å². The van der Waals surface area contributed by atoms with Gasteiger partial charge in [-0.1, -0.05) is 19.8 Å².